The van der Waals surface area contributed by atoms with E-state index in [1.807, 2.05) is 32.3 Å². The Morgan fingerprint density at radius 3 is 2.56 bits per heavy atom. The average molecular weight is 395 g/mol. The Hall–Kier alpha value is -2.15. The fourth-order valence-corrected chi connectivity index (χ4v) is 3.90. The Kier molecular flexibility index (Phi) is 4.93. The van der Waals surface area contributed by atoms with Gasteiger partial charge in [0.05, 0.1) is 23.0 Å². The number of nitrogen functional groups attached to an aromatic ring is 1. The molecule has 27 heavy (non-hydrogen) atoms. The van der Waals surface area contributed by atoms with Crippen LogP contribution in [0.15, 0.2) is 22.8 Å². The number of hydrogen-bond donors (Lipinski definition) is 3. The molecule has 0 aliphatic rings. The summed E-state index contributed by atoms with van der Waals surface area (Å²) in [5.74, 6) is -0.0548. The molecule has 7 nitrogen and oxygen atoms in total. The van der Waals surface area contributed by atoms with Crippen LogP contribution >= 0.6 is 7.60 Å². The number of nitrogens with two attached hydrogens (primary N) is 1. The Labute approximate surface area is 156 Å². The first-order valence-electron chi connectivity index (χ1n) is 8.64. The fourth-order valence-electron chi connectivity index (χ4n) is 3.21. The molecule has 0 unspecified atom stereocenters. The van der Waals surface area contributed by atoms with Crippen molar-refractivity contribution < 1.29 is 23.2 Å². The zero-order valence-electron chi connectivity index (χ0n) is 15.6. The number of halogens is 1. The van der Waals surface area contributed by atoms with Gasteiger partial charge in [-0.1, -0.05) is 27.7 Å². The number of hydrogen-bond acceptors (Lipinski definition) is 4. The molecule has 9 heteroatoms. The lowest BCUT2D eigenvalue weighted by Crippen LogP contribution is -2.11. The minimum Gasteiger partial charge on any atom is -0.456 e. The number of rotatable bonds is 5. The molecule has 0 bridgehead atoms. The lowest BCUT2D eigenvalue weighted by atomic mass is 10.00. The van der Waals surface area contributed by atoms with Crippen molar-refractivity contribution in [2.45, 2.75) is 40.2 Å². The standard InChI is InChI=1S/C18H23FN3O4P/c1-9(2)8-22-16-12(10(3)4)7-13(19)14(20)15(16)21-17(22)11-5-6-26-18(11)27(23,24)25/h5-7,9-10H,8,20H2,1-4H3,(H2,23,24,25). The molecule has 2 aromatic heterocycles. The maximum absolute atomic E-state index is 14.4. The average Bonchev–Trinajstić information content (AvgIpc) is 3.15. The van der Waals surface area contributed by atoms with E-state index in [2.05, 4.69) is 4.98 Å². The summed E-state index contributed by atoms with van der Waals surface area (Å²) < 4.78 is 33.1. The van der Waals surface area contributed by atoms with Gasteiger partial charge in [-0.15, -0.1) is 0 Å². The molecule has 3 aromatic rings. The number of fused-ring (bicyclic) bond motifs is 1. The van der Waals surface area contributed by atoms with Crippen molar-refractivity contribution in [1.29, 1.82) is 0 Å². The Bertz CT molecular complexity index is 1050. The van der Waals surface area contributed by atoms with Crippen LogP contribution in [-0.4, -0.2) is 19.3 Å². The summed E-state index contributed by atoms with van der Waals surface area (Å²) in [4.78, 5) is 23.7. The lowest BCUT2D eigenvalue weighted by Gasteiger charge is -2.16. The predicted octanol–water partition coefficient (Wildman–Crippen LogP) is 3.60. The number of anilines is 1. The molecule has 2 heterocycles. The van der Waals surface area contributed by atoms with E-state index in [1.165, 1.54) is 18.4 Å². The monoisotopic (exact) mass is 395 g/mol. The minimum absolute atomic E-state index is 0.00339. The lowest BCUT2D eigenvalue weighted by molar-refractivity contribution is 0.376. The number of aromatic nitrogens is 2. The summed E-state index contributed by atoms with van der Waals surface area (Å²) in [5, 5.41) is 0. The van der Waals surface area contributed by atoms with Crippen LogP contribution in [0.5, 0.6) is 0 Å². The highest BCUT2D eigenvalue weighted by atomic mass is 31.2. The van der Waals surface area contributed by atoms with E-state index in [0.717, 1.165) is 5.56 Å². The van der Waals surface area contributed by atoms with Crippen LogP contribution in [0.2, 0.25) is 0 Å². The van der Waals surface area contributed by atoms with Gasteiger partial charge in [-0.2, -0.15) is 0 Å². The van der Waals surface area contributed by atoms with Crippen molar-refractivity contribution in [3.63, 3.8) is 0 Å². The van der Waals surface area contributed by atoms with Crippen molar-refractivity contribution in [1.82, 2.24) is 9.55 Å². The van der Waals surface area contributed by atoms with Crippen molar-refractivity contribution >= 4 is 29.8 Å². The van der Waals surface area contributed by atoms with Gasteiger partial charge < -0.3 is 24.5 Å². The molecule has 0 amide bonds. The van der Waals surface area contributed by atoms with Crippen LogP contribution in [0.1, 0.15) is 39.2 Å². The van der Waals surface area contributed by atoms with E-state index in [1.54, 1.807) is 0 Å². The molecule has 146 valence electrons. The molecular formula is C18H23FN3O4P. The van der Waals surface area contributed by atoms with Gasteiger partial charge in [0.15, 0.2) is 0 Å². The van der Waals surface area contributed by atoms with Crippen LogP contribution in [0.4, 0.5) is 10.1 Å². The summed E-state index contributed by atoms with van der Waals surface area (Å²) in [7, 11) is -4.65. The maximum atomic E-state index is 14.4. The zero-order valence-corrected chi connectivity index (χ0v) is 16.5. The highest BCUT2D eigenvalue weighted by molar-refractivity contribution is 7.60. The molecule has 0 fully saturated rings. The van der Waals surface area contributed by atoms with Gasteiger partial charge >= 0.3 is 7.60 Å². The topological polar surface area (TPSA) is 115 Å². The second-order valence-corrected chi connectivity index (χ2v) is 8.83. The first-order chi connectivity index (χ1) is 12.5. The number of benzene rings is 1. The van der Waals surface area contributed by atoms with Gasteiger partial charge in [0.2, 0.25) is 5.50 Å². The molecule has 0 saturated carbocycles. The van der Waals surface area contributed by atoms with Gasteiger partial charge in [0, 0.05) is 6.54 Å². The SMILES string of the molecule is CC(C)Cn1c(-c2ccoc2P(=O)(O)O)nc2c(N)c(F)cc(C(C)C)c21. The van der Waals surface area contributed by atoms with Gasteiger partial charge in [-0.25, -0.2) is 9.37 Å². The first kappa shape index (κ1) is 19.6. The predicted molar refractivity (Wildman–Crippen MR) is 102 cm³/mol. The smallest absolute Gasteiger partial charge is 0.391 e. The first-order valence-corrected chi connectivity index (χ1v) is 10.3. The van der Waals surface area contributed by atoms with Crippen molar-refractivity contribution in [2.75, 3.05) is 5.73 Å². The third-order valence-electron chi connectivity index (χ3n) is 4.36. The number of imidazole rings is 1. The third-order valence-corrected chi connectivity index (χ3v) is 5.23. The zero-order chi connectivity index (χ0) is 20.1. The van der Waals surface area contributed by atoms with Gasteiger partial charge in [-0.3, -0.25) is 4.57 Å². The van der Waals surface area contributed by atoms with Gasteiger partial charge in [-0.05, 0) is 29.5 Å². The Balaban J connectivity index is 2.44. The Morgan fingerprint density at radius 1 is 1.33 bits per heavy atom. The van der Waals surface area contributed by atoms with Crippen LogP contribution in [-0.2, 0) is 11.1 Å². The summed E-state index contributed by atoms with van der Waals surface area (Å²) in [6.07, 6.45) is 1.20. The third kappa shape index (κ3) is 3.40. The molecule has 0 spiro atoms. The largest absolute Gasteiger partial charge is 0.456 e. The van der Waals surface area contributed by atoms with E-state index in [-0.39, 0.29) is 28.6 Å². The summed E-state index contributed by atoms with van der Waals surface area (Å²) in [6, 6.07) is 2.86. The normalized spacial score (nSPS) is 12.6. The maximum Gasteiger partial charge on any atom is 0.391 e. The molecule has 0 aliphatic heterocycles. The molecule has 0 saturated heterocycles. The molecule has 0 atom stereocenters. The summed E-state index contributed by atoms with van der Waals surface area (Å²) in [5.41, 5.74) is 7.27. The fraction of sp³-hybridized carbons (Fsp3) is 0.389. The van der Waals surface area contributed by atoms with E-state index < -0.39 is 18.9 Å². The Morgan fingerprint density at radius 2 is 2.00 bits per heavy atom. The molecule has 0 radical (unpaired) electrons. The van der Waals surface area contributed by atoms with Crippen LogP contribution in [0, 0.1) is 11.7 Å². The van der Waals surface area contributed by atoms with Crippen LogP contribution in [0.3, 0.4) is 0 Å². The molecule has 3 rings (SSSR count). The van der Waals surface area contributed by atoms with Crippen molar-refractivity contribution in [3.05, 3.63) is 29.8 Å². The van der Waals surface area contributed by atoms with Crippen molar-refractivity contribution in [3.8, 4) is 11.4 Å². The van der Waals surface area contributed by atoms with Gasteiger partial charge in [0.1, 0.15) is 17.2 Å². The molecule has 1 aromatic carbocycles. The van der Waals surface area contributed by atoms with E-state index >= 15 is 0 Å². The highest BCUT2D eigenvalue weighted by Gasteiger charge is 2.30. The minimum atomic E-state index is -4.65. The van der Waals surface area contributed by atoms with Crippen molar-refractivity contribution in [2.24, 2.45) is 5.92 Å². The van der Waals surface area contributed by atoms with E-state index in [4.69, 9.17) is 10.2 Å². The molecular weight excluding hydrogens is 372 g/mol. The second-order valence-electron chi connectivity index (χ2n) is 7.34. The van der Waals surface area contributed by atoms with Gasteiger partial charge in [0.25, 0.3) is 0 Å². The molecule has 0 aliphatic carbocycles. The highest BCUT2D eigenvalue weighted by Crippen LogP contribution is 2.41. The van der Waals surface area contributed by atoms with Crippen LogP contribution < -0.4 is 11.2 Å². The quantitative estimate of drug-likeness (QED) is 0.449. The summed E-state index contributed by atoms with van der Waals surface area (Å²) in [6.45, 7) is 8.42. The summed E-state index contributed by atoms with van der Waals surface area (Å²) >= 11 is 0. The second kappa shape index (κ2) is 6.78. The van der Waals surface area contributed by atoms with E-state index in [0.29, 0.717) is 17.9 Å². The number of nitrogens with zero attached hydrogens (tertiary/aromatic N) is 2. The van der Waals surface area contributed by atoms with E-state index in [9.17, 15) is 18.7 Å². The molecule has 4 N–H and O–H groups in total. The number of furan rings is 1. The van der Waals surface area contributed by atoms with Crippen LogP contribution in [0.25, 0.3) is 22.4 Å².